The number of carbonyl (C=O) groups is 1. The number of urea groups is 1. The van der Waals surface area contributed by atoms with E-state index in [-0.39, 0.29) is 18.2 Å². The van der Waals surface area contributed by atoms with Gasteiger partial charge in [0, 0.05) is 32.3 Å². The van der Waals surface area contributed by atoms with Crippen molar-refractivity contribution in [2.45, 2.75) is 51.4 Å². The molecule has 2 amide bonds. The van der Waals surface area contributed by atoms with Crippen LogP contribution in [0.1, 0.15) is 32.3 Å². The first-order chi connectivity index (χ1) is 11.6. The van der Waals surface area contributed by atoms with Crippen molar-refractivity contribution in [3.05, 3.63) is 35.9 Å². The largest absolute Gasteiger partial charge is 0.376 e. The Morgan fingerprint density at radius 1 is 1.29 bits per heavy atom. The number of likely N-dealkylation sites (tertiary alicyclic amines) is 1. The lowest BCUT2D eigenvalue weighted by Crippen LogP contribution is -2.46. The summed E-state index contributed by atoms with van der Waals surface area (Å²) in [5.41, 5.74) is 1.35. The number of nitrogens with one attached hydrogen (secondary N) is 2. The zero-order valence-corrected chi connectivity index (χ0v) is 14.7. The molecule has 2 heterocycles. The Labute approximate surface area is 144 Å². The van der Waals surface area contributed by atoms with Crippen LogP contribution < -0.4 is 10.6 Å². The fourth-order valence-corrected chi connectivity index (χ4v) is 3.78. The average Bonchev–Trinajstić information content (AvgIpc) is 3.13. The summed E-state index contributed by atoms with van der Waals surface area (Å²) in [7, 11) is 0. The molecule has 2 saturated heterocycles. The number of hydrogen-bond donors (Lipinski definition) is 2. The summed E-state index contributed by atoms with van der Waals surface area (Å²) in [5, 5.41) is 6.07. The highest BCUT2D eigenvalue weighted by Crippen LogP contribution is 2.24. The molecule has 0 unspecified atom stereocenters. The minimum absolute atomic E-state index is 0.0634. The Morgan fingerprint density at radius 2 is 2.08 bits per heavy atom. The van der Waals surface area contributed by atoms with E-state index >= 15 is 0 Å². The maximum Gasteiger partial charge on any atom is 0.315 e. The molecule has 132 valence electrons. The first-order valence-electron chi connectivity index (χ1n) is 9.05. The van der Waals surface area contributed by atoms with Crippen LogP contribution in [0.3, 0.4) is 0 Å². The molecular formula is C19H29N3O2. The summed E-state index contributed by atoms with van der Waals surface area (Å²) in [6, 6.07) is 11.2. The Bertz CT molecular complexity index is 537. The lowest BCUT2D eigenvalue weighted by molar-refractivity contribution is 0.114. The number of carbonyl (C=O) groups excluding carboxylic acids is 1. The Balaban J connectivity index is 1.41. The molecule has 5 heteroatoms. The molecule has 5 nitrogen and oxygen atoms in total. The van der Waals surface area contributed by atoms with Crippen LogP contribution in [0.25, 0.3) is 0 Å². The van der Waals surface area contributed by atoms with Crippen molar-refractivity contribution in [1.29, 1.82) is 0 Å². The van der Waals surface area contributed by atoms with Crippen LogP contribution in [-0.4, -0.2) is 48.8 Å². The second-order valence-electron chi connectivity index (χ2n) is 7.19. The van der Waals surface area contributed by atoms with Crippen molar-refractivity contribution < 1.29 is 9.53 Å². The van der Waals surface area contributed by atoms with Crippen LogP contribution in [0.15, 0.2) is 30.3 Å². The standard InChI is InChI=1S/C19H29N3O2/c1-14-10-17(13-22(14)12-16-6-4-3-5-7-16)11-20-19(23)21-18-8-9-24-15(18)2/h3-7,14-15,17-18H,8-13H2,1-2H3,(H2,20,21,23)/t14-,15+,17-,18+/m1/s1. The van der Waals surface area contributed by atoms with Crippen molar-refractivity contribution in [3.63, 3.8) is 0 Å². The number of amides is 2. The van der Waals surface area contributed by atoms with Gasteiger partial charge in [0.05, 0.1) is 12.1 Å². The molecule has 2 N–H and O–H groups in total. The first kappa shape index (κ1) is 17.2. The predicted octanol–water partition coefficient (Wildman–Crippen LogP) is 2.37. The van der Waals surface area contributed by atoms with Crippen molar-refractivity contribution in [3.8, 4) is 0 Å². The molecule has 0 spiro atoms. The number of benzene rings is 1. The molecule has 3 rings (SSSR count). The van der Waals surface area contributed by atoms with Gasteiger partial charge in [0.15, 0.2) is 0 Å². The molecule has 1 aromatic rings. The van der Waals surface area contributed by atoms with E-state index in [1.54, 1.807) is 0 Å². The van der Waals surface area contributed by atoms with Crippen LogP contribution >= 0.6 is 0 Å². The second-order valence-corrected chi connectivity index (χ2v) is 7.19. The topological polar surface area (TPSA) is 53.6 Å². The Hall–Kier alpha value is -1.59. The van der Waals surface area contributed by atoms with Gasteiger partial charge in [-0.05, 0) is 38.2 Å². The van der Waals surface area contributed by atoms with Gasteiger partial charge in [-0.2, -0.15) is 0 Å². The highest BCUT2D eigenvalue weighted by atomic mass is 16.5. The lowest BCUT2D eigenvalue weighted by Gasteiger charge is -2.21. The summed E-state index contributed by atoms with van der Waals surface area (Å²) in [6.07, 6.45) is 2.15. The maximum atomic E-state index is 12.1. The van der Waals surface area contributed by atoms with E-state index in [2.05, 4.69) is 52.8 Å². The monoisotopic (exact) mass is 331 g/mol. The van der Waals surface area contributed by atoms with Crippen LogP contribution in [0, 0.1) is 5.92 Å². The number of rotatable bonds is 5. The van der Waals surface area contributed by atoms with Gasteiger partial charge in [0.2, 0.25) is 0 Å². The van der Waals surface area contributed by atoms with Gasteiger partial charge in [-0.25, -0.2) is 4.79 Å². The Morgan fingerprint density at radius 3 is 2.79 bits per heavy atom. The minimum atomic E-state index is -0.0634. The number of nitrogens with zero attached hydrogens (tertiary/aromatic N) is 1. The molecule has 2 aliphatic rings. The van der Waals surface area contributed by atoms with E-state index in [1.807, 2.05) is 6.92 Å². The van der Waals surface area contributed by atoms with Gasteiger partial charge < -0.3 is 15.4 Å². The maximum absolute atomic E-state index is 12.1. The quantitative estimate of drug-likeness (QED) is 0.871. The summed E-state index contributed by atoms with van der Waals surface area (Å²) in [6.45, 7) is 7.80. The van der Waals surface area contributed by atoms with E-state index in [9.17, 15) is 4.79 Å². The van der Waals surface area contributed by atoms with Crippen molar-refractivity contribution in [2.24, 2.45) is 5.92 Å². The molecule has 4 atom stereocenters. The zero-order chi connectivity index (χ0) is 16.9. The first-order valence-corrected chi connectivity index (χ1v) is 9.05. The van der Waals surface area contributed by atoms with Gasteiger partial charge in [0.25, 0.3) is 0 Å². The predicted molar refractivity (Wildman–Crippen MR) is 94.8 cm³/mol. The van der Waals surface area contributed by atoms with E-state index in [0.29, 0.717) is 12.0 Å². The average molecular weight is 331 g/mol. The van der Waals surface area contributed by atoms with Crippen molar-refractivity contribution in [1.82, 2.24) is 15.5 Å². The molecule has 2 aliphatic heterocycles. The zero-order valence-electron chi connectivity index (χ0n) is 14.7. The third kappa shape index (κ3) is 4.48. The molecule has 0 aromatic heterocycles. The van der Waals surface area contributed by atoms with E-state index < -0.39 is 0 Å². The van der Waals surface area contributed by atoms with Gasteiger partial charge in [0.1, 0.15) is 0 Å². The molecular weight excluding hydrogens is 302 g/mol. The van der Waals surface area contributed by atoms with Gasteiger partial charge in [-0.1, -0.05) is 30.3 Å². The van der Waals surface area contributed by atoms with Gasteiger partial charge in [-0.3, -0.25) is 4.90 Å². The highest BCUT2D eigenvalue weighted by molar-refractivity contribution is 5.74. The molecule has 0 aliphatic carbocycles. The second kappa shape index (κ2) is 7.99. The number of hydrogen-bond acceptors (Lipinski definition) is 3. The van der Waals surface area contributed by atoms with Gasteiger partial charge >= 0.3 is 6.03 Å². The van der Waals surface area contributed by atoms with E-state index in [1.165, 1.54) is 5.56 Å². The normalized spacial score (nSPS) is 30.4. The van der Waals surface area contributed by atoms with Crippen molar-refractivity contribution in [2.75, 3.05) is 19.7 Å². The third-order valence-corrected chi connectivity index (χ3v) is 5.26. The summed E-state index contributed by atoms with van der Waals surface area (Å²) in [5.74, 6) is 0.520. The highest BCUT2D eigenvalue weighted by Gasteiger charge is 2.30. The molecule has 0 saturated carbocycles. The fraction of sp³-hybridized carbons (Fsp3) is 0.632. The van der Waals surface area contributed by atoms with Crippen molar-refractivity contribution >= 4 is 6.03 Å². The summed E-state index contributed by atoms with van der Waals surface area (Å²) >= 11 is 0. The molecule has 1 aromatic carbocycles. The van der Waals surface area contributed by atoms with Crippen LogP contribution in [-0.2, 0) is 11.3 Å². The minimum Gasteiger partial charge on any atom is -0.376 e. The summed E-state index contributed by atoms with van der Waals surface area (Å²) < 4.78 is 5.48. The lowest BCUT2D eigenvalue weighted by atomic mass is 10.1. The van der Waals surface area contributed by atoms with E-state index in [0.717, 1.165) is 39.1 Å². The van der Waals surface area contributed by atoms with Crippen LogP contribution in [0.5, 0.6) is 0 Å². The van der Waals surface area contributed by atoms with Crippen LogP contribution in [0.4, 0.5) is 4.79 Å². The summed E-state index contributed by atoms with van der Waals surface area (Å²) in [4.78, 5) is 14.6. The Kier molecular flexibility index (Phi) is 5.74. The molecule has 0 radical (unpaired) electrons. The molecule has 0 bridgehead atoms. The smallest absolute Gasteiger partial charge is 0.315 e. The number of ether oxygens (including phenoxy) is 1. The third-order valence-electron chi connectivity index (χ3n) is 5.26. The van der Waals surface area contributed by atoms with Crippen LogP contribution in [0.2, 0.25) is 0 Å². The molecule has 24 heavy (non-hydrogen) atoms. The SMILES string of the molecule is C[C@@H]1OCC[C@@H]1NC(=O)NC[C@H]1C[C@@H](C)N(Cc2ccccc2)C1. The fourth-order valence-electron chi connectivity index (χ4n) is 3.78. The molecule has 2 fully saturated rings. The van der Waals surface area contributed by atoms with E-state index in [4.69, 9.17) is 4.74 Å². The van der Waals surface area contributed by atoms with Gasteiger partial charge in [-0.15, -0.1) is 0 Å².